The van der Waals surface area contributed by atoms with Gasteiger partial charge in [0.25, 0.3) is 5.91 Å². The molecule has 0 bridgehead atoms. The number of aromatic nitrogens is 1. The van der Waals surface area contributed by atoms with Crippen LogP contribution in [0.25, 0.3) is 5.69 Å². The molecule has 4 rings (SSSR count). The minimum Gasteiger partial charge on any atom is -0.487 e. The van der Waals surface area contributed by atoms with Crippen LogP contribution in [0.5, 0.6) is 5.75 Å². The van der Waals surface area contributed by atoms with Crippen LogP contribution in [0.15, 0.2) is 67.0 Å². The van der Waals surface area contributed by atoms with Crippen molar-refractivity contribution >= 4 is 21.6 Å². The van der Waals surface area contributed by atoms with Gasteiger partial charge in [0.1, 0.15) is 11.9 Å². The molecular weight excluding hydrogens is 418 g/mol. The molecule has 0 aliphatic carbocycles. The zero-order valence-electron chi connectivity index (χ0n) is 16.9. The molecule has 2 aromatic carbocycles. The summed E-state index contributed by atoms with van der Waals surface area (Å²) < 4.78 is 33.0. The van der Waals surface area contributed by atoms with E-state index < -0.39 is 15.9 Å². The van der Waals surface area contributed by atoms with E-state index in [0.717, 1.165) is 23.3 Å². The molecule has 0 saturated carbocycles. The molecule has 1 aliphatic heterocycles. The second-order valence-corrected chi connectivity index (χ2v) is 9.16. The number of hydrogen-bond acceptors (Lipinski definition) is 6. The fourth-order valence-electron chi connectivity index (χ4n) is 3.52. The van der Waals surface area contributed by atoms with E-state index >= 15 is 0 Å². The Morgan fingerprint density at radius 2 is 1.77 bits per heavy atom. The number of nitrogens with one attached hydrogen (secondary N) is 1. The lowest BCUT2D eigenvalue weighted by atomic mass is 10.0. The first-order valence-electron chi connectivity index (χ1n) is 9.74. The molecule has 3 aromatic rings. The third-order valence-electron chi connectivity index (χ3n) is 5.00. The van der Waals surface area contributed by atoms with Crippen LogP contribution in [-0.4, -0.2) is 49.4 Å². The molecule has 0 spiro atoms. The van der Waals surface area contributed by atoms with Gasteiger partial charge in [-0.25, -0.2) is 13.1 Å². The monoisotopic (exact) mass is 441 g/mol. The number of carbonyl (C=O) groups is 1. The van der Waals surface area contributed by atoms with Crippen molar-refractivity contribution < 1.29 is 23.1 Å². The number of ether oxygens (including phenoxy) is 1. The molecule has 1 fully saturated rings. The summed E-state index contributed by atoms with van der Waals surface area (Å²) in [6.45, 7) is 1.23. The highest BCUT2D eigenvalue weighted by atomic mass is 32.2. The Kier molecular flexibility index (Phi) is 5.71. The predicted octanol–water partition coefficient (Wildman–Crippen LogP) is 1.93. The van der Waals surface area contributed by atoms with Crippen LogP contribution in [0.1, 0.15) is 15.9 Å². The van der Waals surface area contributed by atoms with Crippen LogP contribution in [0.3, 0.4) is 0 Å². The molecule has 162 valence electrons. The van der Waals surface area contributed by atoms with E-state index in [-0.39, 0.29) is 18.3 Å². The van der Waals surface area contributed by atoms with Gasteiger partial charge in [-0.15, -0.1) is 0 Å². The van der Waals surface area contributed by atoms with E-state index in [0.29, 0.717) is 18.8 Å². The van der Waals surface area contributed by atoms with Crippen molar-refractivity contribution in [2.45, 2.75) is 12.7 Å². The van der Waals surface area contributed by atoms with Crippen molar-refractivity contribution in [3.8, 4) is 11.4 Å². The maximum Gasteiger partial charge on any atom is 0.266 e. The predicted molar refractivity (Wildman–Crippen MR) is 117 cm³/mol. The first kappa shape index (κ1) is 21.0. The van der Waals surface area contributed by atoms with Gasteiger partial charge in [-0.2, -0.15) is 0 Å². The number of aliphatic hydroxyl groups is 1. The van der Waals surface area contributed by atoms with Crippen LogP contribution in [-0.2, 0) is 16.6 Å². The minimum absolute atomic E-state index is 0.0110. The summed E-state index contributed by atoms with van der Waals surface area (Å²) in [6.07, 6.45) is 4.55. The van der Waals surface area contributed by atoms with Gasteiger partial charge < -0.3 is 19.3 Å². The summed E-state index contributed by atoms with van der Waals surface area (Å²) in [5.74, 6) is 0.0547. The molecule has 9 heteroatoms. The number of rotatable bonds is 7. The molecule has 0 unspecified atom stereocenters. The summed E-state index contributed by atoms with van der Waals surface area (Å²) in [5.41, 5.74) is 2.51. The molecule has 31 heavy (non-hydrogen) atoms. The Morgan fingerprint density at radius 1 is 1.10 bits per heavy atom. The highest BCUT2D eigenvalue weighted by Gasteiger charge is 2.32. The molecule has 1 aromatic heterocycles. The molecule has 8 nitrogen and oxygen atoms in total. The number of anilines is 1. The number of benzene rings is 2. The van der Waals surface area contributed by atoms with E-state index in [1.165, 1.54) is 0 Å². The van der Waals surface area contributed by atoms with E-state index in [2.05, 4.69) is 4.90 Å². The van der Waals surface area contributed by atoms with Crippen LogP contribution in [0.4, 0.5) is 5.69 Å². The number of sulfonamides is 1. The molecule has 2 N–H and O–H groups in total. The lowest BCUT2D eigenvalue weighted by Crippen LogP contribution is -2.54. The summed E-state index contributed by atoms with van der Waals surface area (Å²) in [6, 6.07) is 16.2. The van der Waals surface area contributed by atoms with Gasteiger partial charge in [-0.3, -0.25) is 4.79 Å². The molecule has 1 aliphatic rings. The third-order valence-corrected chi connectivity index (χ3v) is 5.55. The molecule has 1 amide bonds. The van der Waals surface area contributed by atoms with E-state index in [1.54, 1.807) is 16.7 Å². The number of carbonyl (C=O) groups excluding carboxylic acids is 1. The van der Waals surface area contributed by atoms with E-state index in [4.69, 9.17) is 9.84 Å². The fraction of sp³-hybridized carbons (Fsp3) is 0.227. The van der Waals surface area contributed by atoms with Gasteiger partial charge in [0.15, 0.2) is 0 Å². The maximum atomic E-state index is 12.7. The quantitative estimate of drug-likeness (QED) is 0.581. The average molecular weight is 442 g/mol. The van der Waals surface area contributed by atoms with Gasteiger partial charge in [0.05, 0.1) is 42.9 Å². The third kappa shape index (κ3) is 4.73. The number of amides is 1. The standard InChI is InChI=1S/C22H23N3O5S/c1-31(28,29)23-22(27)19-5-4-6-20(21(19)24-11-2-3-12-24)25-13-18(14-25)30-17-9-7-16(15-26)8-10-17/h2-12,18,26H,13-15H2,1H3,(H,23,27). The Morgan fingerprint density at radius 3 is 2.39 bits per heavy atom. The summed E-state index contributed by atoms with van der Waals surface area (Å²) in [4.78, 5) is 14.7. The first-order chi connectivity index (χ1) is 14.8. The van der Waals surface area contributed by atoms with Gasteiger partial charge in [0, 0.05) is 12.4 Å². The van der Waals surface area contributed by atoms with Crippen LogP contribution in [0.2, 0.25) is 0 Å². The second-order valence-electron chi connectivity index (χ2n) is 7.41. The smallest absolute Gasteiger partial charge is 0.266 e. The molecule has 0 atom stereocenters. The van der Waals surface area contributed by atoms with Crippen LogP contribution < -0.4 is 14.4 Å². The highest BCUT2D eigenvalue weighted by Crippen LogP contribution is 2.32. The molecule has 0 radical (unpaired) electrons. The van der Waals surface area contributed by atoms with Crippen molar-refractivity contribution in [2.24, 2.45) is 0 Å². The number of hydrogen-bond donors (Lipinski definition) is 2. The largest absolute Gasteiger partial charge is 0.487 e. The number of nitrogens with zero attached hydrogens (tertiary/aromatic N) is 2. The van der Waals surface area contributed by atoms with Gasteiger partial charge in [-0.1, -0.05) is 18.2 Å². The Labute approximate surface area is 180 Å². The van der Waals surface area contributed by atoms with Gasteiger partial charge in [0.2, 0.25) is 10.0 Å². The zero-order valence-corrected chi connectivity index (χ0v) is 17.7. The topological polar surface area (TPSA) is 101 Å². The van der Waals surface area contributed by atoms with Crippen LogP contribution >= 0.6 is 0 Å². The number of aliphatic hydroxyl groups excluding tert-OH is 1. The molecular formula is C22H23N3O5S. The Balaban J connectivity index is 1.56. The first-order valence-corrected chi connectivity index (χ1v) is 11.6. The average Bonchev–Trinajstić information content (AvgIpc) is 3.23. The normalized spacial score (nSPS) is 14.2. The summed E-state index contributed by atoms with van der Waals surface area (Å²) in [7, 11) is -3.69. The number of para-hydroxylation sites is 1. The van der Waals surface area contributed by atoms with Crippen molar-refractivity contribution in [2.75, 3.05) is 24.2 Å². The highest BCUT2D eigenvalue weighted by molar-refractivity contribution is 7.89. The van der Waals surface area contributed by atoms with Crippen molar-refractivity contribution in [3.63, 3.8) is 0 Å². The second kappa shape index (κ2) is 8.44. The molecule has 1 saturated heterocycles. The molecule has 2 heterocycles. The summed E-state index contributed by atoms with van der Waals surface area (Å²) in [5, 5.41) is 9.15. The van der Waals surface area contributed by atoms with E-state index in [9.17, 15) is 13.2 Å². The van der Waals surface area contributed by atoms with Crippen molar-refractivity contribution in [1.82, 2.24) is 9.29 Å². The fourth-order valence-corrected chi connectivity index (χ4v) is 3.97. The van der Waals surface area contributed by atoms with Crippen LogP contribution in [0, 0.1) is 0 Å². The summed E-state index contributed by atoms with van der Waals surface area (Å²) >= 11 is 0. The maximum absolute atomic E-state index is 12.7. The van der Waals surface area contributed by atoms with Gasteiger partial charge >= 0.3 is 0 Å². The van der Waals surface area contributed by atoms with Crippen molar-refractivity contribution in [1.29, 1.82) is 0 Å². The van der Waals surface area contributed by atoms with Crippen molar-refractivity contribution in [3.05, 3.63) is 78.1 Å². The Bertz CT molecular complexity index is 1170. The van der Waals surface area contributed by atoms with E-state index in [1.807, 2.05) is 59.6 Å². The zero-order chi connectivity index (χ0) is 22.0. The minimum atomic E-state index is -3.69. The SMILES string of the molecule is CS(=O)(=O)NC(=O)c1cccc(N2CC(Oc3ccc(CO)cc3)C2)c1-n1cccc1. The van der Waals surface area contributed by atoms with Gasteiger partial charge in [-0.05, 0) is 42.0 Å². The lowest BCUT2D eigenvalue weighted by molar-refractivity contribution is 0.0981. The lowest BCUT2D eigenvalue weighted by Gasteiger charge is -2.41. The Hall–Kier alpha value is -3.30.